The number of carbonyl (C=O) groups excluding carboxylic acids is 1. The lowest BCUT2D eigenvalue weighted by atomic mass is 10.2. The maximum Gasteiger partial charge on any atom is 0.246 e. The van der Waals surface area contributed by atoms with Gasteiger partial charge in [-0.3, -0.25) is 4.79 Å². The van der Waals surface area contributed by atoms with Crippen molar-refractivity contribution in [3.05, 3.63) is 40.4 Å². The first-order valence-corrected chi connectivity index (χ1v) is 6.36. The van der Waals surface area contributed by atoms with Crippen LogP contribution in [0.15, 0.2) is 34.8 Å². The molecule has 1 aliphatic rings. The maximum atomic E-state index is 11.9. The molecular weight excluding hydrogens is 282 g/mol. The minimum Gasteiger partial charge on any atom is -0.378 e. The van der Waals surface area contributed by atoms with E-state index < -0.39 is 0 Å². The number of ether oxygens (including phenoxy) is 1. The quantitative estimate of drug-likeness (QED) is 0.784. The highest BCUT2D eigenvalue weighted by atomic mass is 79.9. The van der Waals surface area contributed by atoms with Gasteiger partial charge in [0, 0.05) is 23.6 Å². The number of carbonyl (C=O) groups is 1. The topological polar surface area (TPSA) is 29.5 Å². The number of halogens is 1. The molecular formula is C13H14BrNO2. The number of nitrogens with zero attached hydrogens (tertiary/aromatic N) is 1. The van der Waals surface area contributed by atoms with Crippen molar-refractivity contribution in [2.75, 3.05) is 26.3 Å². The summed E-state index contributed by atoms with van der Waals surface area (Å²) in [4.78, 5) is 13.7. The van der Waals surface area contributed by atoms with Crippen LogP contribution >= 0.6 is 15.9 Å². The molecule has 0 saturated carbocycles. The van der Waals surface area contributed by atoms with Crippen LogP contribution in [0.2, 0.25) is 0 Å². The van der Waals surface area contributed by atoms with Crippen molar-refractivity contribution in [1.82, 2.24) is 4.90 Å². The Morgan fingerprint density at radius 1 is 1.29 bits per heavy atom. The number of rotatable bonds is 2. The molecule has 1 fully saturated rings. The average molecular weight is 296 g/mol. The van der Waals surface area contributed by atoms with Crippen LogP contribution in [-0.2, 0) is 9.53 Å². The fourth-order valence-corrected chi connectivity index (χ4v) is 2.08. The summed E-state index contributed by atoms with van der Waals surface area (Å²) in [5, 5.41) is 0. The molecule has 3 nitrogen and oxygen atoms in total. The maximum absolute atomic E-state index is 11.9. The molecule has 0 unspecified atom stereocenters. The zero-order chi connectivity index (χ0) is 12.1. The SMILES string of the molecule is O=C(/C=C\c1ccccc1Br)N1CCOCC1. The van der Waals surface area contributed by atoms with Gasteiger partial charge in [0.05, 0.1) is 13.2 Å². The van der Waals surface area contributed by atoms with E-state index in [9.17, 15) is 4.79 Å². The van der Waals surface area contributed by atoms with Crippen LogP contribution in [0.1, 0.15) is 5.56 Å². The summed E-state index contributed by atoms with van der Waals surface area (Å²) in [6, 6.07) is 7.82. The Morgan fingerprint density at radius 3 is 2.71 bits per heavy atom. The van der Waals surface area contributed by atoms with Gasteiger partial charge in [-0.1, -0.05) is 34.1 Å². The van der Waals surface area contributed by atoms with E-state index in [1.54, 1.807) is 11.0 Å². The van der Waals surface area contributed by atoms with Crippen LogP contribution in [0.25, 0.3) is 6.08 Å². The van der Waals surface area contributed by atoms with Gasteiger partial charge in [-0.2, -0.15) is 0 Å². The third-order valence-corrected chi connectivity index (χ3v) is 3.36. The summed E-state index contributed by atoms with van der Waals surface area (Å²) in [5.74, 6) is 0.0454. The molecule has 1 saturated heterocycles. The van der Waals surface area contributed by atoms with Gasteiger partial charge in [-0.25, -0.2) is 0 Å². The second kappa shape index (κ2) is 5.98. The Kier molecular flexibility index (Phi) is 4.34. The van der Waals surface area contributed by atoms with E-state index in [0.29, 0.717) is 26.3 Å². The molecule has 1 aromatic rings. The molecule has 1 heterocycles. The van der Waals surface area contributed by atoms with Crippen molar-refractivity contribution in [2.45, 2.75) is 0 Å². The van der Waals surface area contributed by atoms with Gasteiger partial charge in [-0.05, 0) is 17.7 Å². The van der Waals surface area contributed by atoms with Crippen molar-refractivity contribution in [2.24, 2.45) is 0 Å². The molecule has 0 N–H and O–H groups in total. The summed E-state index contributed by atoms with van der Waals surface area (Å²) in [6.45, 7) is 2.63. The molecule has 4 heteroatoms. The average Bonchev–Trinajstić information content (AvgIpc) is 2.38. The zero-order valence-electron chi connectivity index (χ0n) is 9.43. The summed E-state index contributed by atoms with van der Waals surface area (Å²) < 4.78 is 6.20. The van der Waals surface area contributed by atoms with Crippen LogP contribution in [0.4, 0.5) is 0 Å². The van der Waals surface area contributed by atoms with Crippen LogP contribution in [-0.4, -0.2) is 37.1 Å². The largest absolute Gasteiger partial charge is 0.378 e. The molecule has 0 spiro atoms. The molecule has 17 heavy (non-hydrogen) atoms. The summed E-state index contributed by atoms with van der Waals surface area (Å²) >= 11 is 3.45. The second-order valence-electron chi connectivity index (χ2n) is 3.79. The normalized spacial score (nSPS) is 16.4. The molecule has 0 aromatic heterocycles. The minimum absolute atomic E-state index is 0.0454. The van der Waals surface area contributed by atoms with E-state index in [4.69, 9.17) is 4.74 Å². The number of hydrogen-bond acceptors (Lipinski definition) is 2. The van der Waals surface area contributed by atoms with Gasteiger partial charge in [0.2, 0.25) is 5.91 Å². The molecule has 0 bridgehead atoms. The molecule has 1 aromatic carbocycles. The van der Waals surface area contributed by atoms with E-state index in [1.807, 2.05) is 30.3 Å². The van der Waals surface area contributed by atoms with Gasteiger partial charge < -0.3 is 9.64 Å². The standard InChI is InChI=1S/C13H14BrNO2/c14-12-4-2-1-3-11(12)5-6-13(16)15-7-9-17-10-8-15/h1-6H,7-10H2/b6-5-. The van der Waals surface area contributed by atoms with Crippen molar-refractivity contribution in [1.29, 1.82) is 0 Å². The first-order valence-electron chi connectivity index (χ1n) is 5.56. The fraction of sp³-hybridized carbons (Fsp3) is 0.308. The van der Waals surface area contributed by atoms with E-state index in [2.05, 4.69) is 15.9 Å². The van der Waals surface area contributed by atoms with Crippen molar-refractivity contribution >= 4 is 27.9 Å². The predicted octanol–water partition coefficient (Wildman–Crippen LogP) is 2.32. The van der Waals surface area contributed by atoms with E-state index >= 15 is 0 Å². The van der Waals surface area contributed by atoms with Crippen LogP contribution < -0.4 is 0 Å². The van der Waals surface area contributed by atoms with E-state index in [-0.39, 0.29) is 5.91 Å². The zero-order valence-corrected chi connectivity index (χ0v) is 11.0. The lowest BCUT2D eigenvalue weighted by molar-refractivity contribution is -0.129. The van der Waals surface area contributed by atoms with Gasteiger partial charge >= 0.3 is 0 Å². The molecule has 0 radical (unpaired) electrons. The smallest absolute Gasteiger partial charge is 0.246 e. The summed E-state index contributed by atoms with van der Waals surface area (Å²) in [6.07, 6.45) is 3.45. The van der Waals surface area contributed by atoms with Gasteiger partial charge in [-0.15, -0.1) is 0 Å². The highest BCUT2D eigenvalue weighted by molar-refractivity contribution is 9.10. The number of benzene rings is 1. The van der Waals surface area contributed by atoms with Gasteiger partial charge in [0.1, 0.15) is 0 Å². The predicted molar refractivity (Wildman–Crippen MR) is 70.6 cm³/mol. The van der Waals surface area contributed by atoms with Gasteiger partial charge in [0.15, 0.2) is 0 Å². The number of morpholine rings is 1. The molecule has 0 atom stereocenters. The van der Waals surface area contributed by atoms with E-state index in [1.165, 1.54) is 0 Å². The van der Waals surface area contributed by atoms with E-state index in [0.717, 1.165) is 10.0 Å². The lowest BCUT2D eigenvalue weighted by Crippen LogP contribution is -2.39. The third-order valence-electron chi connectivity index (χ3n) is 2.63. The number of amides is 1. The number of hydrogen-bond donors (Lipinski definition) is 0. The molecule has 1 aliphatic heterocycles. The Morgan fingerprint density at radius 2 is 2.00 bits per heavy atom. The highest BCUT2D eigenvalue weighted by Crippen LogP contribution is 2.17. The monoisotopic (exact) mass is 295 g/mol. The first kappa shape index (κ1) is 12.3. The summed E-state index contributed by atoms with van der Waals surface area (Å²) in [7, 11) is 0. The minimum atomic E-state index is 0.0454. The molecule has 0 aliphatic carbocycles. The Hall–Kier alpha value is -1.13. The van der Waals surface area contributed by atoms with Crippen molar-refractivity contribution in [3.63, 3.8) is 0 Å². The highest BCUT2D eigenvalue weighted by Gasteiger charge is 2.13. The van der Waals surface area contributed by atoms with Crippen molar-refractivity contribution in [3.8, 4) is 0 Å². The molecule has 90 valence electrons. The molecule has 2 rings (SSSR count). The molecule has 1 amide bonds. The van der Waals surface area contributed by atoms with Gasteiger partial charge in [0.25, 0.3) is 0 Å². The Labute approximate surface area is 109 Å². The first-order chi connectivity index (χ1) is 8.27. The second-order valence-corrected chi connectivity index (χ2v) is 4.65. The fourth-order valence-electron chi connectivity index (χ4n) is 1.66. The summed E-state index contributed by atoms with van der Waals surface area (Å²) in [5.41, 5.74) is 1.01. The van der Waals surface area contributed by atoms with Crippen molar-refractivity contribution < 1.29 is 9.53 Å². The van der Waals surface area contributed by atoms with Crippen LogP contribution in [0.5, 0.6) is 0 Å². The lowest BCUT2D eigenvalue weighted by Gasteiger charge is -2.25. The Balaban J connectivity index is 2.00. The Bertz CT molecular complexity index is 425. The van der Waals surface area contributed by atoms with Crippen LogP contribution in [0, 0.1) is 0 Å². The van der Waals surface area contributed by atoms with Crippen LogP contribution in [0.3, 0.4) is 0 Å². The third kappa shape index (κ3) is 3.41.